The fourth-order valence-electron chi connectivity index (χ4n) is 6.49. The highest BCUT2D eigenvalue weighted by Crippen LogP contribution is 2.59. The Morgan fingerprint density at radius 1 is 1.04 bits per heavy atom. The standard InChI is InChI=1S/C24H42O3/c1-7-21(4,5)19(15-22(6,8-2)9-3)20(25)27-24-13-17-10-18(14-24)12-23(26,11-17)16-24/h17-19,26H,7-16H2,1-6H3. The average Bonchev–Trinajstić information content (AvgIpc) is 2.56. The molecule has 3 heteroatoms. The summed E-state index contributed by atoms with van der Waals surface area (Å²) in [6, 6.07) is 0. The lowest BCUT2D eigenvalue weighted by atomic mass is 9.52. The zero-order valence-electron chi connectivity index (χ0n) is 18.6. The van der Waals surface area contributed by atoms with Crippen LogP contribution in [0.5, 0.6) is 0 Å². The highest BCUT2D eigenvalue weighted by molar-refractivity contribution is 5.74. The van der Waals surface area contributed by atoms with Crippen LogP contribution >= 0.6 is 0 Å². The van der Waals surface area contributed by atoms with Gasteiger partial charge in [0.25, 0.3) is 0 Å². The van der Waals surface area contributed by atoms with Crippen LogP contribution in [0.15, 0.2) is 0 Å². The van der Waals surface area contributed by atoms with E-state index in [0.29, 0.717) is 18.3 Å². The van der Waals surface area contributed by atoms with Crippen LogP contribution in [-0.2, 0) is 9.53 Å². The third-order valence-electron chi connectivity index (χ3n) is 8.84. The number of carbonyl (C=O) groups is 1. The van der Waals surface area contributed by atoms with Crippen molar-refractivity contribution in [3.63, 3.8) is 0 Å². The van der Waals surface area contributed by atoms with Crippen LogP contribution in [0, 0.1) is 28.6 Å². The second-order valence-corrected chi connectivity index (χ2v) is 11.4. The predicted octanol–water partition coefficient (Wildman–Crippen LogP) is 5.88. The van der Waals surface area contributed by atoms with Gasteiger partial charge in [0, 0.05) is 6.42 Å². The molecule has 0 radical (unpaired) electrons. The van der Waals surface area contributed by atoms with Gasteiger partial charge in [-0.1, -0.05) is 60.8 Å². The Morgan fingerprint density at radius 3 is 2.04 bits per heavy atom. The second-order valence-electron chi connectivity index (χ2n) is 11.4. The zero-order chi connectivity index (χ0) is 20.1. The smallest absolute Gasteiger partial charge is 0.310 e. The van der Waals surface area contributed by atoms with Gasteiger partial charge in [-0.05, 0) is 61.2 Å². The van der Waals surface area contributed by atoms with Crippen molar-refractivity contribution >= 4 is 5.97 Å². The first-order chi connectivity index (χ1) is 12.5. The largest absolute Gasteiger partial charge is 0.459 e. The molecule has 4 fully saturated rings. The molecule has 4 aliphatic carbocycles. The van der Waals surface area contributed by atoms with Gasteiger partial charge in [-0.25, -0.2) is 0 Å². The van der Waals surface area contributed by atoms with Crippen LogP contribution in [0.3, 0.4) is 0 Å². The monoisotopic (exact) mass is 378 g/mol. The van der Waals surface area contributed by atoms with Crippen molar-refractivity contribution in [1.29, 1.82) is 0 Å². The summed E-state index contributed by atoms with van der Waals surface area (Å²) in [6.45, 7) is 13.4. The molecular weight excluding hydrogens is 336 g/mol. The quantitative estimate of drug-likeness (QED) is 0.536. The maximum atomic E-state index is 13.5. The Bertz CT molecular complexity index is 546. The van der Waals surface area contributed by atoms with E-state index in [0.717, 1.165) is 51.4 Å². The minimum absolute atomic E-state index is 0.000486. The van der Waals surface area contributed by atoms with E-state index in [1.54, 1.807) is 0 Å². The van der Waals surface area contributed by atoms with Crippen molar-refractivity contribution in [3.8, 4) is 0 Å². The highest BCUT2D eigenvalue weighted by Gasteiger charge is 2.59. The first-order valence-corrected chi connectivity index (χ1v) is 11.4. The van der Waals surface area contributed by atoms with Gasteiger partial charge in [-0.2, -0.15) is 0 Å². The molecular formula is C24H42O3. The molecule has 0 aromatic heterocycles. The third-order valence-corrected chi connectivity index (χ3v) is 8.84. The molecule has 0 aromatic rings. The van der Waals surface area contributed by atoms with Gasteiger partial charge in [0.05, 0.1) is 11.5 Å². The van der Waals surface area contributed by atoms with Crippen molar-refractivity contribution in [2.75, 3.05) is 0 Å². The minimum atomic E-state index is -0.582. The van der Waals surface area contributed by atoms with E-state index < -0.39 is 11.2 Å². The summed E-state index contributed by atoms with van der Waals surface area (Å²) in [5.41, 5.74) is -0.869. The van der Waals surface area contributed by atoms with Crippen molar-refractivity contribution in [2.24, 2.45) is 28.6 Å². The Labute approximate surface area is 166 Å². The predicted molar refractivity (Wildman–Crippen MR) is 109 cm³/mol. The summed E-state index contributed by atoms with van der Waals surface area (Å²) in [5.74, 6) is 1.01. The molecule has 0 saturated heterocycles. The second kappa shape index (κ2) is 7.04. The number of esters is 1. The number of hydrogen-bond acceptors (Lipinski definition) is 3. The zero-order valence-corrected chi connectivity index (χ0v) is 18.6. The van der Waals surface area contributed by atoms with Crippen LogP contribution in [0.25, 0.3) is 0 Å². The molecule has 0 heterocycles. The van der Waals surface area contributed by atoms with E-state index in [1.807, 2.05) is 0 Å². The van der Waals surface area contributed by atoms with E-state index in [9.17, 15) is 9.90 Å². The molecule has 0 spiro atoms. The van der Waals surface area contributed by atoms with Crippen LogP contribution in [-0.4, -0.2) is 22.3 Å². The fraction of sp³-hybridized carbons (Fsp3) is 0.958. The minimum Gasteiger partial charge on any atom is -0.459 e. The van der Waals surface area contributed by atoms with Crippen LogP contribution in [0.1, 0.15) is 106 Å². The van der Waals surface area contributed by atoms with E-state index in [2.05, 4.69) is 41.5 Å². The molecule has 0 amide bonds. The lowest BCUT2D eigenvalue weighted by molar-refractivity contribution is -0.225. The average molecular weight is 379 g/mol. The first-order valence-electron chi connectivity index (χ1n) is 11.4. The molecule has 4 saturated carbocycles. The Morgan fingerprint density at radius 2 is 1.59 bits per heavy atom. The molecule has 0 aliphatic heterocycles. The normalized spacial score (nSPS) is 36.7. The number of hydrogen-bond donors (Lipinski definition) is 1. The van der Waals surface area contributed by atoms with Gasteiger partial charge in [-0.15, -0.1) is 0 Å². The van der Waals surface area contributed by atoms with Crippen molar-refractivity contribution in [3.05, 3.63) is 0 Å². The van der Waals surface area contributed by atoms with E-state index >= 15 is 0 Å². The highest BCUT2D eigenvalue weighted by atomic mass is 16.6. The SMILES string of the molecule is CCC(C)(CC)CC(C(=O)OC12CC3CC(CC(O)(C3)C1)C2)C(C)(C)CC. The molecule has 27 heavy (non-hydrogen) atoms. The molecule has 156 valence electrons. The third kappa shape index (κ3) is 4.09. The van der Waals surface area contributed by atoms with Crippen LogP contribution in [0.4, 0.5) is 0 Å². The van der Waals surface area contributed by atoms with Crippen molar-refractivity contribution in [2.45, 2.75) is 117 Å². The van der Waals surface area contributed by atoms with Crippen LogP contribution in [0.2, 0.25) is 0 Å². The van der Waals surface area contributed by atoms with Gasteiger partial charge in [-0.3, -0.25) is 4.79 Å². The van der Waals surface area contributed by atoms with Gasteiger partial charge >= 0.3 is 5.97 Å². The van der Waals surface area contributed by atoms with Gasteiger partial charge < -0.3 is 9.84 Å². The van der Waals surface area contributed by atoms with Gasteiger partial charge in [0.1, 0.15) is 5.60 Å². The Hall–Kier alpha value is -0.570. The van der Waals surface area contributed by atoms with Crippen molar-refractivity contribution < 1.29 is 14.6 Å². The summed E-state index contributed by atoms with van der Waals surface area (Å²) in [4.78, 5) is 13.5. The molecule has 0 aromatic carbocycles. The van der Waals surface area contributed by atoms with E-state index in [-0.39, 0.29) is 22.7 Å². The summed E-state index contributed by atoms with van der Waals surface area (Å²) < 4.78 is 6.40. The Balaban J connectivity index is 1.80. The molecule has 3 unspecified atom stereocenters. The number of carbonyl (C=O) groups excluding carboxylic acids is 1. The maximum Gasteiger partial charge on any atom is 0.310 e. The fourth-order valence-corrected chi connectivity index (χ4v) is 6.49. The van der Waals surface area contributed by atoms with Gasteiger partial charge in [0.15, 0.2) is 0 Å². The molecule has 4 aliphatic rings. The first kappa shape index (κ1) is 21.1. The number of ether oxygens (including phenoxy) is 1. The number of rotatable bonds is 8. The summed E-state index contributed by atoms with van der Waals surface area (Å²) in [6.07, 6.45) is 9.68. The molecule has 4 rings (SSSR count). The number of aliphatic hydroxyl groups is 1. The van der Waals surface area contributed by atoms with Crippen LogP contribution < -0.4 is 0 Å². The van der Waals surface area contributed by atoms with Crippen molar-refractivity contribution in [1.82, 2.24) is 0 Å². The van der Waals surface area contributed by atoms with E-state index in [1.165, 1.54) is 6.42 Å². The molecule has 3 atom stereocenters. The molecule has 1 N–H and O–H groups in total. The lowest BCUT2D eigenvalue weighted by Gasteiger charge is -2.59. The molecule has 4 bridgehead atoms. The topological polar surface area (TPSA) is 46.5 Å². The molecule has 3 nitrogen and oxygen atoms in total. The lowest BCUT2D eigenvalue weighted by Crippen LogP contribution is -2.61. The van der Waals surface area contributed by atoms with E-state index in [4.69, 9.17) is 4.74 Å². The summed E-state index contributed by atoms with van der Waals surface area (Å²) in [7, 11) is 0. The summed E-state index contributed by atoms with van der Waals surface area (Å²) >= 11 is 0. The van der Waals surface area contributed by atoms with Gasteiger partial charge in [0.2, 0.25) is 0 Å². The summed E-state index contributed by atoms with van der Waals surface area (Å²) in [5, 5.41) is 11.0. The Kier molecular flexibility index (Phi) is 5.51. The maximum absolute atomic E-state index is 13.5.